The Morgan fingerprint density at radius 2 is 1.86 bits per heavy atom. The van der Waals surface area contributed by atoms with E-state index in [1.807, 2.05) is 42.5 Å². The van der Waals surface area contributed by atoms with E-state index in [0.717, 1.165) is 16.7 Å². The van der Waals surface area contributed by atoms with Gasteiger partial charge >= 0.3 is 5.97 Å². The van der Waals surface area contributed by atoms with E-state index in [0.29, 0.717) is 11.1 Å². The monoisotopic (exact) mass is 280 g/mol. The third-order valence-electron chi connectivity index (χ3n) is 3.43. The van der Waals surface area contributed by atoms with Crippen LogP contribution in [0.25, 0.3) is 17.2 Å². The molecule has 3 rings (SSSR count). The zero-order valence-corrected chi connectivity index (χ0v) is 11.2. The minimum Gasteiger partial charge on any atom is -0.481 e. The van der Waals surface area contributed by atoms with Crippen LogP contribution in [0, 0.1) is 5.82 Å². The summed E-state index contributed by atoms with van der Waals surface area (Å²) in [5, 5.41) is 8.99. The first-order valence-corrected chi connectivity index (χ1v) is 6.63. The fraction of sp³-hybridized carbons (Fsp3) is 0.0556. The summed E-state index contributed by atoms with van der Waals surface area (Å²) in [4.78, 5) is 11.0. The number of hydrogen-bond donors (Lipinski definition) is 1. The Morgan fingerprint density at radius 3 is 2.57 bits per heavy atom. The maximum Gasteiger partial charge on any atom is 0.307 e. The number of halogens is 1. The highest BCUT2D eigenvalue weighted by Crippen LogP contribution is 2.38. The summed E-state index contributed by atoms with van der Waals surface area (Å²) in [6, 6.07) is 14.3. The third-order valence-corrected chi connectivity index (χ3v) is 3.43. The molecule has 0 aliphatic heterocycles. The van der Waals surface area contributed by atoms with Gasteiger partial charge < -0.3 is 5.11 Å². The molecule has 21 heavy (non-hydrogen) atoms. The largest absolute Gasteiger partial charge is 0.481 e. The van der Waals surface area contributed by atoms with Crippen LogP contribution in [0.4, 0.5) is 4.39 Å². The summed E-state index contributed by atoms with van der Waals surface area (Å²) in [6.07, 6.45) is 3.69. The van der Waals surface area contributed by atoms with Crippen molar-refractivity contribution in [2.75, 3.05) is 0 Å². The average molecular weight is 280 g/mol. The van der Waals surface area contributed by atoms with Crippen molar-refractivity contribution in [2.24, 2.45) is 0 Å². The second kappa shape index (κ2) is 5.37. The Hall–Kier alpha value is -2.68. The van der Waals surface area contributed by atoms with E-state index in [9.17, 15) is 9.18 Å². The van der Waals surface area contributed by atoms with E-state index in [-0.39, 0.29) is 12.2 Å². The van der Waals surface area contributed by atoms with E-state index in [1.165, 1.54) is 12.1 Å². The van der Waals surface area contributed by atoms with Gasteiger partial charge in [-0.25, -0.2) is 4.39 Å². The van der Waals surface area contributed by atoms with Gasteiger partial charge in [0.1, 0.15) is 5.82 Å². The number of carbonyl (C=O) groups is 1. The van der Waals surface area contributed by atoms with E-state index in [2.05, 4.69) is 0 Å². The molecule has 0 heterocycles. The Morgan fingerprint density at radius 1 is 1.10 bits per heavy atom. The second-order valence-electron chi connectivity index (χ2n) is 4.94. The lowest BCUT2D eigenvalue weighted by Crippen LogP contribution is -1.96. The highest BCUT2D eigenvalue weighted by atomic mass is 19.1. The molecular weight excluding hydrogens is 267 g/mol. The Labute approximate surface area is 121 Å². The number of benzene rings is 2. The number of carboxylic acid groups (broad SMARTS) is 1. The number of aliphatic carboxylic acids is 1. The Kier molecular flexibility index (Phi) is 3.40. The van der Waals surface area contributed by atoms with Crippen molar-refractivity contribution in [2.45, 2.75) is 6.42 Å². The minimum absolute atomic E-state index is 0.109. The van der Waals surface area contributed by atoms with Gasteiger partial charge in [-0.2, -0.15) is 0 Å². The van der Waals surface area contributed by atoms with Crippen LogP contribution in [0.2, 0.25) is 0 Å². The summed E-state index contributed by atoms with van der Waals surface area (Å²) < 4.78 is 13.4. The molecule has 0 unspecified atom stereocenters. The van der Waals surface area contributed by atoms with E-state index in [1.54, 1.807) is 6.07 Å². The molecule has 0 saturated carbocycles. The maximum absolute atomic E-state index is 13.4. The molecule has 0 aromatic heterocycles. The number of rotatable bonds is 3. The van der Waals surface area contributed by atoms with Crippen molar-refractivity contribution in [1.29, 1.82) is 0 Å². The van der Waals surface area contributed by atoms with Crippen LogP contribution in [-0.4, -0.2) is 11.1 Å². The number of fused-ring (bicyclic) bond motifs is 1. The molecule has 2 aromatic rings. The van der Waals surface area contributed by atoms with E-state index >= 15 is 0 Å². The van der Waals surface area contributed by atoms with Crippen LogP contribution in [-0.2, 0) is 4.79 Å². The topological polar surface area (TPSA) is 37.3 Å². The quantitative estimate of drug-likeness (QED) is 0.913. The maximum atomic E-state index is 13.4. The lowest BCUT2D eigenvalue weighted by atomic mass is 10.0. The number of allylic oxidation sites excluding steroid dienone is 2. The van der Waals surface area contributed by atoms with Crippen LogP contribution >= 0.6 is 0 Å². The Bertz CT molecular complexity index is 758. The van der Waals surface area contributed by atoms with Gasteiger partial charge in [-0.3, -0.25) is 4.79 Å². The molecule has 1 N–H and O–H groups in total. The lowest BCUT2D eigenvalue weighted by molar-refractivity contribution is -0.135. The van der Waals surface area contributed by atoms with Gasteiger partial charge in [0.15, 0.2) is 0 Å². The summed E-state index contributed by atoms with van der Waals surface area (Å²) in [5.41, 5.74) is 4.11. The van der Waals surface area contributed by atoms with Crippen LogP contribution < -0.4 is 0 Å². The predicted molar refractivity (Wildman–Crippen MR) is 80.9 cm³/mol. The van der Waals surface area contributed by atoms with Gasteiger partial charge in [-0.05, 0) is 52.1 Å². The van der Waals surface area contributed by atoms with Gasteiger partial charge in [0.05, 0.1) is 6.42 Å². The fourth-order valence-corrected chi connectivity index (χ4v) is 2.53. The van der Waals surface area contributed by atoms with E-state index in [4.69, 9.17) is 5.11 Å². The molecule has 0 saturated heterocycles. The van der Waals surface area contributed by atoms with Crippen molar-refractivity contribution >= 4 is 23.2 Å². The average Bonchev–Trinajstić information content (AvgIpc) is 2.77. The SMILES string of the molecule is O=C(O)CC1=C/C(=C\c2ccccc2)c2ccc(F)cc21. The van der Waals surface area contributed by atoms with Crippen molar-refractivity contribution in [3.05, 3.63) is 77.1 Å². The molecule has 1 aliphatic rings. The standard InChI is InChI=1S/C18H13FO2/c19-15-6-7-16-13(8-12-4-2-1-3-5-12)9-14(10-18(20)21)17(16)11-15/h1-9,11H,10H2,(H,20,21)/b13-8+. The fourth-order valence-electron chi connectivity index (χ4n) is 2.53. The van der Waals surface area contributed by atoms with E-state index < -0.39 is 5.97 Å². The highest BCUT2D eigenvalue weighted by Gasteiger charge is 2.20. The van der Waals surface area contributed by atoms with Gasteiger partial charge in [0.25, 0.3) is 0 Å². The molecule has 2 aromatic carbocycles. The number of hydrogen-bond acceptors (Lipinski definition) is 1. The summed E-state index contributed by atoms with van der Waals surface area (Å²) >= 11 is 0. The molecule has 3 heteroatoms. The van der Waals surface area contributed by atoms with Crippen LogP contribution in [0.5, 0.6) is 0 Å². The van der Waals surface area contributed by atoms with Crippen molar-refractivity contribution in [1.82, 2.24) is 0 Å². The molecule has 0 fully saturated rings. The number of carboxylic acids is 1. The second-order valence-corrected chi connectivity index (χ2v) is 4.94. The molecule has 0 bridgehead atoms. The van der Waals surface area contributed by atoms with Crippen molar-refractivity contribution in [3.63, 3.8) is 0 Å². The van der Waals surface area contributed by atoms with Gasteiger partial charge in [-0.1, -0.05) is 36.4 Å². The van der Waals surface area contributed by atoms with Gasteiger partial charge in [0, 0.05) is 0 Å². The normalized spacial score (nSPS) is 14.9. The minimum atomic E-state index is -0.919. The van der Waals surface area contributed by atoms with Crippen LogP contribution in [0.1, 0.15) is 23.1 Å². The summed E-state index contributed by atoms with van der Waals surface area (Å²) in [7, 11) is 0. The molecule has 104 valence electrons. The first kappa shape index (κ1) is 13.3. The molecule has 2 nitrogen and oxygen atoms in total. The molecule has 0 radical (unpaired) electrons. The van der Waals surface area contributed by atoms with Crippen LogP contribution in [0.3, 0.4) is 0 Å². The summed E-state index contributed by atoms with van der Waals surface area (Å²) in [6.45, 7) is 0. The van der Waals surface area contributed by atoms with Crippen LogP contribution in [0.15, 0.2) is 54.6 Å². The first-order chi connectivity index (χ1) is 10.1. The lowest BCUT2D eigenvalue weighted by Gasteiger charge is -2.04. The molecule has 1 aliphatic carbocycles. The van der Waals surface area contributed by atoms with Crippen molar-refractivity contribution in [3.8, 4) is 0 Å². The highest BCUT2D eigenvalue weighted by molar-refractivity contribution is 6.04. The molecule has 0 amide bonds. The molecule has 0 spiro atoms. The van der Waals surface area contributed by atoms with Gasteiger partial charge in [-0.15, -0.1) is 0 Å². The smallest absolute Gasteiger partial charge is 0.307 e. The Balaban J connectivity index is 2.09. The zero-order valence-electron chi connectivity index (χ0n) is 11.2. The van der Waals surface area contributed by atoms with Gasteiger partial charge in [0.2, 0.25) is 0 Å². The van der Waals surface area contributed by atoms with Crippen molar-refractivity contribution < 1.29 is 14.3 Å². The first-order valence-electron chi connectivity index (χ1n) is 6.63. The summed E-state index contributed by atoms with van der Waals surface area (Å²) in [5.74, 6) is -1.27. The zero-order chi connectivity index (χ0) is 14.8. The molecular formula is C18H13FO2. The predicted octanol–water partition coefficient (Wildman–Crippen LogP) is 4.24. The third kappa shape index (κ3) is 2.77. The molecule has 0 atom stereocenters.